The maximum atomic E-state index is 4.66. The minimum Gasteiger partial charge on any atom is -0.330 e. The number of hydrogen-bond acceptors (Lipinski definition) is 5. The molecule has 0 amide bonds. The van der Waals surface area contributed by atoms with Gasteiger partial charge in [-0.25, -0.2) is 4.98 Å². The molecule has 1 aliphatic rings. The molecule has 0 radical (unpaired) electrons. The fourth-order valence-corrected chi connectivity index (χ4v) is 3.82. The van der Waals surface area contributed by atoms with Crippen molar-refractivity contribution in [1.82, 2.24) is 29.4 Å². The molecule has 4 rings (SSSR count). The van der Waals surface area contributed by atoms with Crippen LogP contribution < -0.4 is 0 Å². The van der Waals surface area contributed by atoms with Gasteiger partial charge in [0, 0.05) is 38.4 Å². The van der Waals surface area contributed by atoms with E-state index in [9.17, 15) is 0 Å². The van der Waals surface area contributed by atoms with Gasteiger partial charge in [0.15, 0.2) is 0 Å². The molecule has 1 saturated heterocycles. The predicted molar refractivity (Wildman–Crippen MR) is 105 cm³/mol. The number of pyridine rings is 1. The minimum atomic E-state index is 0.653. The van der Waals surface area contributed by atoms with Gasteiger partial charge in [-0.3, -0.25) is 19.9 Å². The van der Waals surface area contributed by atoms with Crippen LogP contribution in [-0.2, 0) is 20.0 Å². The fourth-order valence-electron chi connectivity index (χ4n) is 3.82. The van der Waals surface area contributed by atoms with Crippen LogP contribution in [0.3, 0.4) is 0 Å². The van der Waals surface area contributed by atoms with Gasteiger partial charge < -0.3 is 4.57 Å². The molecule has 1 aliphatic heterocycles. The summed E-state index contributed by atoms with van der Waals surface area (Å²) in [5.41, 5.74) is 4.40. The smallest absolute Gasteiger partial charge is 0.110 e. The summed E-state index contributed by atoms with van der Waals surface area (Å²) in [5.74, 6) is 1.64. The van der Waals surface area contributed by atoms with E-state index in [0.29, 0.717) is 5.92 Å². The second-order valence-corrected chi connectivity index (χ2v) is 7.39. The van der Waals surface area contributed by atoms with Crippen molar-refractivity contribution in [3.8, 4) is 11.4 Å². The molecule has 0 atom stereocenters. The second kappa shape index (κ2) is 7.96. The average molecular weight is 362 g/mol. The molecule has 0 aliphatic carbocycles. The van der Waals surface area contributed by atoms with E-state index in [4.69, 9.17) is 0 Å². The molecule has 3 aromatic heterocycles. The number of imidazole rings is 1. The SMILES string of the molecule is Cc1ncc(-c2nccnc2CC2CCN(Cc3cccnc3)CC2)n1C. The Bertz CT molecular complexity index is 881. The highest BCUT2D eigenvalue weighted by molar-refractivity contribution is 5.57. The first-order valence-corrected chi connectivity index (χ1v) is 9.60. The highest BCUT2D eigenvalue weighted by atomic mass is 15.1. The Morgan fingerprint density at radius 3 is 2.56 bits per heavy atom. The van der Waals surface area contributed by atoms with E-state index < -0.39 is 0 Å². The summed E-state index contributed by atoms with van der Waals surface area (Å²) in [6.07, 6.45) is 12.7. The molecule has 0 bridgehead atoms. The molecule has 0 saturated carbocycles. The lowest BCUT2D eigenvalue weighted by Crippen LogP contribution is -2.34. The van der Waals surface area contributed by atoms with Crippen molar-refractivity contribution in [3.05, 3.63) is 60.2 Å². The Kier molecular flexibility index (Phi) is 5.25. The van der Waals surface area contributed by atoms with E-state index in [1.54, 1.807) is 12.4 Å². The molecule has 4 heterocycles. The Hall–Kier alpha value is -2.60. The summed E-state index contributed by atoms with van der Waals surface area (Å²) in [7, 11) is 2.03. The number of aryl methyl sites for hydroxylation is 1. The van der Waals surface area contributed by atoms with Crippen LogP contribution in [0.4, 0.5) is 0 Å². The van der Waals surface area contributed by atoms with E-state index in [1.165, 1.54) is 18.4 Å². The largest absolute Gasteiger partial charge is 0.330 e. The molecule has 0 N–H and O–H groups in total. The predicted octanol–water partition coefficient (Wildman–Crippen LogP) is 3.04. The lowest BCUT2D eigenvalue weighted by molar-refractivity contribution is 0.176. The van der Waals surface area contributed by atoms with Gasteiger partial charge in [-0.05, 0) is 56.8 Å². The van der Waals surface area contributed by atoms with E-state index >= 15 is 0 Å². The molecule has 6 nitrogen and oxygen atoms in total. The van der Waals surface area contributed by atoms with E-state index in [1.807, 2.05) is 38.6 Å². The van der Waals surface area contributed by atoms with Crippen LogP contribution in [0.15, 0.2) is 43.1 Å². The highest BCUT2D eigenvalue weighted by Gasteiger charge is 2.22. The molecule has 6 heteroatoms. The molecular formula is C21H26N6. The molecule has 0 spiro atoms. The number of hydrogen-bond donors (Lipinski definition) is 0. The number of aromatic nitrogens is 5. The standard InChI is InChI=1S/C21H26N6/c1-16-25-14-20(26(16)2)21-19(23-8-9-24-21)12-17-5-10-27(11-6-17)15-18-4-3-7-22-13-18/h3-4,7-9,13-14,17H,5-6,10-12,15H2,1-2H3. The van der Waals surface area contributed by atoms with Crippen molar-refractivity contribution < 1.29 is 0 Å². The highest BCUT2D eigenvalue weighted by Crippen LogP contribution is 2.27. The van der Waals surface area contributed by atoms with Crippen LogP contribution in [0.1, 0.15) is 29.9 Å². The summed E-state index contributed by atoms with van der Waals surface area (Å²) in [6, 6.07) is 4.17. The van der Waals surface area contributed by atoms with Gasteiger partial charge in [0.25, 0.3) is 0 Å². The van der Waals surface area contributed by atoms with Crippen LogP contribution in [0.2, 0.25) is 0 Å². The van der Waals surface area contributed by atoms with Crippen molar-refractivity contribution in [3.63, 3.8) is 0 Å². The minimum absolute atomic E-state index is 0.653. The normalized spacial score (nSPS) is 15.9. The topological polar surface area (TPSA) is 59.7 Å². The number of piperidine rings is 1. The maximum absolute atomic E-state index is 4.66. The third kappa shape index (κ3) is 4.06. The summed E-state index contributed by atoms with van der Waals surface area (Å²) in [4.78, 5) is 20.4. The quantitative estimate of drug-likeness (QED) is 0.698. The van der Waals surface area contributed by atoms with Gasteiger partial charge in [-0.1, -0.05) is 6.07 Å². The van der Waals surface area contributed by atoms with E-state index in [0.717, 1.165) is 49.0 Å². The van der Waals surface area contributed by atoms with Crippen LogP contribution in [0.25, 0.3) is 11.4 Å². The summed E-state index contributed by atoms with van der Waals surface area (Å²) >= 11 is 0. The van der Waals surface area contributed by atoms with Gasteiger partial charge in [0.05, 0.1) is 17.6 Å². The van der Waals surface area contributed by atoms with E-state index in [2.05, 4.69) is 35.5 Å². The van der Waals surface area contributed by atoms with Crippen molar-refractivity contribution in [1.29, 1.82) is 0 Å². The van der Waals surface area contributed by atoms with Gasteiger partial charge in [-0.15, -0.1) is 0 Å². The zero-order valence-corrected chi connectivity index (χ0v) is 16.0. The Morgan fingerprint density at radius 1 is 1.04 bits per heavy atom. The van der Waals surface area contributed by atoms with Crippen LogP contribution in [0.5, 0.6) is 0 Å². The first-order chi connectivity index (χ1) is 13.2. The summed E-state index contributed by atoms with van der Waals surface area (Å²) in [6.45, 7) is 5.25. The molecule has 3 aromatic rings. The second-order valence-electron chi connectivity index (χ2n) is 7.39. The Labute approximate surface area is 160 Å². The summed E-state index contributed by atoms with van der Waals surface area (Å²) in [5, 5.41) is 0. The van der Waals surface area contributed by atoms with Gasteiger partial charge in [0.2, 0.25) is 0 Å². The third-order valence-corrected chi connectivity index (χ3v) is 5.56. The fraction of sp³-hybridized carbons (Fsp3) is 0.429. The lowest BCUT2D eigenvalue weighted by Gasteiger charge is -2.32. The zero-order valence-electron chi connectivity index (χ0n) is 16.0. The number of likely N-dealkylation sites (tertiary alicyclic amines) is 1. The first-order valence-electron chi connectivity index (χ1n) is 9.60. The van der Waals surface area contributed by atoms with Gasteiger partial charge in [-0.2, -0.15) is 0 Å². The average Bonchev–Trinajstić information content (AvgIpc) is 3.03. The van der Waals surface area contributed by atoms with Crippen LogP contribution in [-0.4, -0.2) is 42.5 Å². The Balaban J connectivity index is 1.40. The molecule has 27 heavy (non-hydrogen) atoms. The molecule has 0 aromatic carbocycles. The summed E-state index contributed by atoms with van der Waals surface area (Å²) < 4.78 is 2.09. The van der Waals surface area contributed by atoms with Crippen LogP contribution >= 0.6 is 0 Å². The van der Waals surface area contributed by atoms with Crippen molar-refractivity contribution in [2.45, 2.75) is 32.7 Å². The first kappa shape index (κ1) is 17.8. The number of nitrogens with zero attached hydrogens (tertiary/aromatic N) is 6. The molecule has 1 fully saturated rings. The lowest BCUT2D eigenvalue weighted by atomic mass is 9.91. The van der Waals surface area contributed by atoms with Crippen molar-refractivity contribution in [2.75, 3.05) is 13.1 Å². The monoisotopic (exact) mass is 362 g/mol. The molecule has 140 valence electrons. The van der Waals surface area contributed by atoms with Crippen molar-refractivity contribution in [2.24, 2.45) is 13.0 Å². The molecular weight excluding hydrogens is 336 g/mol. The van der Waals surface area contributed by atoms with Gasteiger partial charge in [0.1, 0.15) is 11.5 Å². The number of rotatable bonds is 5. The maximum Gasteiger partial charge on any atom is 0.110 e. The van der Waals surface area contributed by atoms with E-state index in [-0.39, 0.29) is 0 Å². The third-order valence-electron chi connectivity index (χ3n) is 5.56. The Morgan fingerprint density at radius 2 is 1.85 bits per heavy atom. The van der Waals surface area contributed by atoms with Gasteiger partial charge >= 0.3 is 0 Å². The molecule has 0 unspecified atom stereocenters. The zero-order chi connectivity index (χ0) is 18.6. The van der Waals surface area contributed by atoms with Crippen molar-refractivity contribution >= 4 is 0 Å². The van der Waals surface area contributed by atoms with Crippen LogP contribution in [0, 0.1) is 12.8 Å².